The minimum atomic E-state index is 0.452. The van der Waals surface area contributed by atoms with Gasteiger partial charge in [0.05, 0.1) is 0 Å². The third-order valence-corrected chi connectivity index (χ3v) is 4.97. The lowest BCUT2D eigenvalue weighted by Crippen LogP contribution is -2.50. The molecule has 5 rings (SSSR count). The van der Waals surface area contributed by atoms with Gasteiger partial charge in [-0.2, -0.15) is 0 Å². The van der Waals surface area contributed by atoms with E-state index in [2.05, 4.69) is 29.2 Å². The summed E-state index contributed by atoms with van der Waals surface area (Å²) in [5.41, 5.74) is 3.02. The van der Waals surface area contributed by atoms with Gasteiger partial charge in [-0.3, -0.25) is 0 Å². The standard InChI is InChI=1S/C16H19NO/c1-12-10-13-11-14(2-3-15(13)18-12)16-4-7-17(8-5-16)9-6-16/h2-3,10-11H,4-9H2,1H3. The molecule has 18 heavy (non-hydrogen) atoms. The minimum absolute atomic E-state index is 0.452. The fourth-order valence-electron chi connectivity index (χ4n) is 3.77. The Kier molecular flexibility index (Phi) is 2.13. The molecule has 2 bridgehead atoms. The molecule has 0 atom stereocenters. The van der Waals surface area contributed by atoms with Crippen molar-refractivity contribution in [3.63, 3.8) is 0 Å². The Morgan fingerprint density at radius 2 is 1.78 bits per heavy atom. The highest BCUT2D eigenvalue weighted by molar-refractivity contribution is 5.79. The van der Waals surface area contributed by atoms with Crippen LogP contribution in [0.5, 0.6) is 0 Å². The van der Waals surface area contributed by atoms with Crippen molar-refractivity contribution < 1.29 is 4.42 Å². The Labute approximate surface area is 108 Å². The van der Waals surface area contributed by atoms with Crippen molar-refractivity contribution in [2.45, 2.75) is 31.6 Å². The molecule has 2 aromatic rings. The second-order valence-corrected chi connectivity index (χ2v) is 5.98. The number of rotatable bonds is 1. The van der Waals surface area contributed by atoms with Crippen molar-refractivity contribution in [2.24, 2.45) is 0 Å². The van der Waals surface area contributed by atoms with E-state index in [0.717, 1.165) is 11.3 Å². The highest BCUT2D eigenvalue weighted by Crippen LogP contribution is 2.43. The molecule has 0 unspecified atom stereocenters. The van der Waals surface area contributed by atoms with Crippen LogP contribution in [0.25, 0.3) is 11.0 Å². The number of fused-ring (bicyclic) bond motifs is 4. The molecule has 3 saturated heterocycles. The van der Waals surface area contributed by atoms with E-state index in [0.29, 0.717) is 5.41 Å². The quantitative estimate of drug-likeness (QED) is 0.760. The number of aryl methyl sites for hydroxylation is 1. The van der Waals surface area contributed by atoms with Crippen LogP contribution in [0, 0.1) is 6.92 Å². The molecule has 0 radical (unpaired) electrons. The van der Waals surface area contributed by atoms with Gasteiger partial charge in [0.1, 0.15) is 11.3 Å². The molecule has 1 aromatic heterocycles. The molecular weight excluding hydrogens is 222 g/mol. The molecule has 0 saturated carbocycles. The summed E-state index contributed by atoms with van der Waals surface area (Å²) >= 11 is 0. The van der Waals surface area contributed by atoms with Gasteiger partial charge in [0.25, 0.3) is 0 Å². The Morgan fingerprint density at radius 1 is 1.06 bits per heavy atom. The van der Waals surface area contributed by atoms with Gasteiger partial charge in [-0.25, -0.2) is 0 Å². The van der Waals surface area contributed by atoms with Gasteiger partial charge in [-0.15, -0.1) is 0 Å². The van der Waals surface area contributed by atoms with E-state index in [4.69, 9.17) is 4.42 Å². The van der Waals surface area contributed by atoms with Crippen molar-refractivity contribution in [3.8, 4) is 0 Å². The largest absolute Gasteiger partial charge is 0.461 e. The third-order valence-electron chi connectivity index (χ3n) is 4.97. The van der Waals surface area contributed by atoms with Gasteiger partial charge in [0.2, 0.25) is 0 Å². The first-order valence-corrected chi connectivity index (χ1v) is 6.98. The summed E-state index contributed by atoms with van der Waals surface area (Å²) in [4.78, 5) is 2.60. The average Bonchev–Trinajstić information content (AvgIpc) is 2.80. The van der Waals surface area contributed by atoms with Crippen molar-refractivity contribution in [3.05, 3.63) is 35.6 Å². The summed E-state index contributed by atoms with van der Waals surface area (Å²) in [6.07, 6.45) is 3.99. The predicted molar refractivity (Wildman–Crippen MR) is 72.9 cm³/mol. The van der Waals surface area contributed by atoms with E-state index in [9.17, 15) is 0 Å². The molecule has 0 spiro atoms. The lowest BCUT2D eigenvalue weighted by Gasteiger charge is -2.48. The normalized spacial score (nSPS) is 31.1. The molecule has 0 N–H and O–H groups in total. The van der Waals surface area contributed by atoms with Crippen LogP contribution in [0.2, 0.25) is 0 Å². The Hall–Kier alpha value is -1.28. The number of benzene rings is 1. The van der Waals surface area contributed by atoms with Crippen molar-refractivity contribution in [1.29, 1.82) is 0 Å². The molecular formula is C16H19NO. The average molecular weight is 241 g/mol. The van der Waals surface area contributed by atoms with Crippen LogP contribution >= 0.6 is 0 Å². The maximum Gasteiger partial charge on any atom is 0.134 e. The molecule has 2 heteroatoms. The fraction of sp³-hybridized carbons (Fsp3) is 0.500. The van der Waals surface area contributed by atoms with E-state index in [-0.39, 0.29) is 0 Å². The van der Waals surface area contributed by atoms with E-state index in [1.54, 1.807) is 0 Å². The first-order chi connectivity index (χ1) is 8.75. The van der Waals surface area contributed by atoms with Crippen LogP contribution in [0.1, 0.15) is 30.6 Å². The third kappa shape index (κ3) is 1.45. The van der Waals surface area contributed by atoms with E-state index < -0.39 is 0 Å². The minimum Gasteiger partial charge on any atom is -0.461 e. The summed E-state index contributed by atoms with van der Waals surface area (Å²) in [5.74, 6) is 1.01. The Morgan fingerprint density at radius 3 is 2.50 bits per heavy atom. The molecule has 0 amide bonds. The summed E-state index contributed by atoms with van der Waals surface area (Å²) in [6, 6.07) is 8.99. The second-order valence-electron chi connectivity index (χ2n) is 5.98. The van der Waals surface area contributed by atoms with Crippen LogP contribution in [0.15, 0.2) is 28.7 Å². The fourth-order valence-corrected chi connectivity index (χ4v) is 3.77. The summed E-state index contributed by atoms with van der Waals surface area (Å²) in [6.45, 7) is 5.87. The lowest BCUT2D eigenvalue weighted by atomic mass is 9.67. The molecule has 0 aliphatic carbocycles. The number of hydrogen-bond donors (Lipinski definition) is 0. The van der Waals surface area contributed by atoms with Gasteiger partial charge >= 0.3 is 0 Å². The van der Waals surface area contributed by atoms with Crippen LogP contribution in [0.3, 0.4) is 0 Å². The molecule has 3 aliphatic heterocycles. The number of furan rings is 1. The molecule has 94 valence electrons. The first-order valence-electron chi connectivity index (χ1n) is 6.98. The SMILES string of the molecule is Cc1cc2cc(C34CCN(CC3)CC4)ccc2o1. The summed E-state index contributed by atoms with van der Waals surface area (Å²) in [7, 11) is 0. The van der Waals surface area contributed by atoms with Gasteiger partial charge in [-0.05, 0) is 75.0 Å². The van der Waals surface area contributed by atoms with Crippen molar-refractivity contribution in [2.75, 3.05) is 19.6 Å². The van der Waals surface area contributed by atoms with Gasteiger partial charge in [0.15, 0.2) is 0 Å². The van der Waals surface area contributed by atoms with Crippen LogP contribution in [-0.4, -0.2) is 24.5 Å². The Balaban J connectivity index is 1.81. The van der Waals surface area contributed by atoms with Crippen molar-refractivity contribution in [1.82, 2.24) is 4.90 Å². The smallest absolute Gasteiger partial charge is 0.134 e. The monoisotopic (exact) mass is 241 g/mol. The number of nitrogens with zero attached hydrogens (tertiary/aromatic N) is 1. The number of hydrogen-bond acceptors (Lipinski definition) is 2. The van der Waals surface area contributed by atoms with Crippen molar-refractivity contribution >= 4 is 11.0 Å². The van der Waals surface area contributed by atoms with Crippen LogP contribution in [0.4, 0.5) is 0 Å². The highest BCUT2D eigenvalue weighted by atomic mass is 16.3. The molecule has 1 aromatic carbocycles. The van der Waals surface area contributed by atoms with Crippen LogP contribution in [-0.2, 0) is 5.41 Å². The molecule has 4 heterocycles. The van der Waals surface area contributed by atoms with E-state index >= 15 is 0 Å². The van der Waals surface area contributed by atoms with Gasteiger partial charge in [0, 0.05) is 5.39 Å². The lowest BCUT2D eigenvalue weighted by molar-refractivity contribution is 0.0818. The van der Waals surface area contributed by atoms with Crippen LogP contribution < -0.4 is 0 Å². The van der Waals surface area contributed by atoms with E-state index in [1.165, 1.54) is 49.8 Å². The van der Waals surface area contributed by atoms with Gasteiger partial charge in [-0.1, -0.05) is 6.07 Å². The maximum atomic E-state index is 5.68. The maximum absolute atomic E-state index is 5.68. The predicted octanol–water partition coefficient (Wildman–Crippen LogP) is 3.48. The zero-order valence-corrected chi connectivity index (χ0v) is 10.9. The molecule has 3 fully saturated rings. The first kappa shape index (κ1) is 10.6. The molecule has 3 aliphatic rings. The van der Waals surface area contributed by atoms with Gasteiger partial charge < -0.3 is 9.32 Å². The Bertz CT molecular complexity index is 576. The number of piperidine rings is 3. The van der Waals surface area contributed by atoms with E-state index in [1.807, 2.05) is 6.92 Å². The molecule has 2 nitrogen and oxygen atoms in total. The second kappa shape index (κ2) is 3.61. The summed E-state index contributed by atoms with van der Waals surface area (Å²) < 4.78 is 5.68. The zero-order chi connectivity index (χ0) is 12.2. The summed E-state index contributed by atoms with van der Waals surface area (Å²) in [5, 5.41) is 1.27. The zero-order valence-electron chi connectivity index (χ0n) is 10.9. The highest BCUT2D eigenvalue weighted by Gasteiger charge is 2.40. The topological polar surface area (TPSA) is 16.4 Å².